The van der Waals surface area contributed by atoms with Crippen LogP contribution in [0, 0.1) is 11.8 Å². The number of rotatable bonds is 14. The van der Waals surface area contributed by atoms with Crippen LogP contribution in [0.3, 0.4) is 0 Å². The van der Waals surface area contributed by atoms with Gasteiger partial charge in [-0.3, -0.25) is 9.69 Å². The maximum absolute atomic E-state index is 12.5. The molecule has 4 aromatic carbocycles. The fourth-order valence-corrected chi connectivity index (χ4v) is 6.81. The van der Waals surface area contributed by atoms with Gasteiger partial charge in [0, 0.05) is 38.3 Å². The van der Waals surface area contributed by atoms with Crippen molar-refractivity contribution in [2.24, 2.45) is 0 Å². The lowest BCUT2D eigenvalue weighted by Crippen LogP contribution is -2.31. The van der Waals surface area contributed by atoms with Crippen molar-refractivity contribution in [2.45, 2.75) is 50.4 Å². The van der Waals surface area contributed by atoms with E-state index in [2.05, 4.69) is 85.4 Å². The molecular weight excluding hydrogens is 713 g/mol. The van der Waals surface area contributed by atoms with Crippen molar-refractivity contribution in [1.29, 1.82) is 0 Å². The Kier molecular flexibility index (Phi) is 14.7. The smallest absolute Gasteiger partial charge is 0.253 e. The SMILES string of the molecule is COC(C(=O)NCCCCc1ncc(-c2ccc(C#Cc3ccc(-c4cnc(C5CCCN5C)[nH]4)cc3)cc2)[nH]1)c1ccccc1.CO[C@@H](C=O)c1ccccc1. The molecule has 1 fully saturated rings. The Hall–Kier alpha value is -6.12. The van der Waals surface area contributed by atoms with E-state index in [1.807, 2.05) is 85.2 Å². The third kappa shape index (κ3) is 11.2. The number of hydrogen-bond acceptors (Lipinski definition) is 7. The van der Waals surface area contributed by atoms with E-state index in [4.69, 9.17) is 9.47 Å². The van der Waals surface area contributed by atoms with Gasteiger partial charge < -0.3 is 29.6 Å². The Morgan fingerprint density at radius 1 is 0.807 bits per heavy atom. The average molecular weight is 763 g/mol. The highest BCUT2D eigenvalue weighted by molar-refractivity contribution is 5.82. The summed E-state index contributed by atoms with van der Waals surface area (Å²) in [6.07, 6.45) is 8.51. The highest BCUT2D eigenvalue weighted by atomic mass is 16.5. The van der Waals surface area contributed by atoms with Crippen LogP contribution in [-0.4, -0.2) is 71.4 Å². The van der Waals surface area contributed by atoms with Crippen LogP contribution in [0.15, 0.2) is 122 Å². The molecule has 1 amide bonds. The number of aromatic amines is 2. The number of unbranched alkanes of at least 4 members (excludes halogenated alkanes) is 1. The molecule has 0 saturated carbocycles. The van der Waals surface area contributed by atoms with E-state index >= 15 is 0 Å². The molecule has 10 nitrogen and oxygen atoms in total. The first-order valence-electron chi connectivity index (χ1n) is 19.4. The average Bonchev–Trinajstić information content (AvgIpc) is 4.04. The van der Waals surface area contributed by atoms with Crippen LogP contribution in [-0.2, 0) is 25.5 Å². The first-order chi connectivity index (χ1) is 27.9. The molecule has 3 heterocycles. The molecule has 0 aliphatic carbocycles. The van der Waals surface area contributed by atoms with Crippen molar-refractivity contribution in [2.75, 3.05) is 34.4 Å². The number of aromatic nitrogens is 4. The van der Waals surface area contributed by atoms with E-state index < -0.39 is 12.2 Å². The van der Waals surface area contributed by atoms with Crippen LogP contribution in [0.4, 0.5) is 0 Å². The molecule has 292 valence electrons. The summed E-state index contributed by atoms with van der Waals surface area (Å²) in [6, 6.07) is 35.8. The second kappa shape index (κ2) is 20.7. The molecular formula is C47H50N6O4. The molecule has 10 heteroatoms. The zero-order chi connectivity index (χ0) is 39.8. The number of amides is 1. The summed E-state index contributed by atoms with van der Waals surface area (Å²) in [6.45, 7) is 1.72. The van der Waals surface area contributed by atoms with Crippen molar-refractivity contribution in [3.05, 3.63) is 155 Å². The minimum Gasteiger partial charge on any atom is -0.369 e. The van der Waals surface area contributed by atoms with Gasteiger partial charge >= 0.3 is 0 Å². The number of carbonyl (C=O) groups is 2. The van der Waals surface area contributed by atoms with Gasteiger partial charge in [-0.1, -0.05) is 96.8 Å². The van der Waals surface area contributed by atoms with Crippen molar-refractivity contribution in [3.63, 3.8) is 0 Å². The standard InChI is InChI=1S/C38H40N6O2.C9H10O2/c1-44-24-8-11-34(44)37-41-26-33(43-37)30-21-17-28(18-22-30)14-13-27-15-19-29(20-16-27)32-25-40-35(42-32)12-6-7-23-39-38(45)36(46-2)31-9-4-3-5-10-31;1-11-9(7-10)8-5-3-2-4-6-8/h3-5,9-10,15-22,25-26,34,36H,6-8,11-12,23-24H2,1-2H3,(H,39,45)(H,40,42)(H,41,43);2-7,9H,1H3/t;9-/m.0/s1. The third-order valence-corrected chi connectivity index (χ3v) is 10.0. The second-order valence-corrected chi connectivity index (χ2v) is 13.9. The lowest BCUT2D eigenvalue weighted by atomic mass is 10.1. The summed E-state index contributed by atoms with van der Waals surface area (Å²) in [4.78, 5) is 41.5. The minimum atomic E-state index is -0.594. The number of aldehydes is 1. The predicted molar refractivity (Wildman–Crippen MR) is 223 cm³/mol. The van der Waals surface area contributed by atoms with Crippen LogP contribution in [0.2, 0.25) is 0 Å². The highest BCUT2D eigenvalue weighted by Gasteiger charge is 2.25. The predicted octanol–water partition coefficient (Wildman–Crippen LogP) is 8.03. The van der Waals surface area contributed by atoms with Crippen LogP contribution in [0.1, 0.15) is 77.8 Å². The number of carbonyl (C=O) groups excluding carboxylic acids is 2. The van der Waals surface area contributed by atoms with Crippen LogP contribution in [0.25, 0.3) is 22.5 Å². The monoisotopic (exact) mass is 762 g/mol. The number of imidazole rings is 2. The molecule has 2 unspecified atom stereocenters. The number of nitrogens with one attached hydrogen (secondary N) is 3. The number of H-pyrrole nitrogens is 2. The molecule has 57 heavy (non-hydrogen) atoms. The van der Waals surface area contributed by atoms with Gasteiger partial charge in [0.25, 0.3) is 5.91 Å². The Morgan fingerprint density at radius 2 is 1.40 bits per heavy atom. The number of ether oxygens (including phenoxy) is 2. The van der Waals surface area contributed by atoms with Gasteiger partial charge in [-0.25, -0.2) is 9.97 Å². The molecule has 1 aliphatic rings. The molecule has 6 aromatic rings. The van der Waals surface area contributed by atoms with Crippen molar-refractivity contribution in [3.8, 4) is 34.4 Å². The van der Waals surface area contributed by atoms with E-state index in [9.17, 15) is 9.59 Å². The van der Waals surface area contributed by atoms with Gasteiger partial charge in [0.1, 0.15) is 17.8 Å². The number of benzene rings is 4. The molecule has 7 rings (SSSR count). The van der Waals surface area contributed by atoms with Crippen molar-refractivity contribution in [1.82, 2.24) is 30.2 Å². The molecule has 0 bridgehead atoms. The van der Waals surface area contributed by atoms with E-state index in [0.717, 1.165) is 94.9 Å². The van der Waals surface area contributed by atoms with Crippen molar-refractivity contribution >= 4 is 12.2 Å². The third-order valence-electron chi connectivity index (χ3n) is 10.0. The molecule has 1 aliphatic heterocycles. The molecule has 3 atom stereocenters. The van der Waals surface area contributed by atoms with Gasteiger partial charge in [0.15, 0.2) is 12.4 Å². The zero-order valence-electron chi connectivity index (χ0n) is 32.8. The lowest BCUT2D eigenvalue weighted by Gasteiger charge is -2.16. The quantitative estimate of drug-likeness (QED) is 0.0583. The summed E-state index contributed by atoms with van der Waals surface area (Å²) < 4.78 is 10.3. The molecule has 2 aromatic heterocycles. The lowest BCUT2D eigenvalue weighted by molar-refractivity contribution is -0.131. The fraction of sp³-hybridized carbons (Fsp3) is 0.277. The van der Waals surface area contributed by atoms with E-state index in [1.165, 1.54) is 13.5 Å². The summed E-state index contributed by atoms with van der Waals surface area (Å²) in [5.74, 6) is 8.42. The fourth-order valence-electron chi connectivity index (χ4n) is 6.81. The van der Waals surface area contributed by atoms with E-state index in [1.54, 1.807) is 7.11 Å². The molecule has 0 spiro atoms. The van der Waals surface area contributed by atoms with Crippen LogP contribution >= 0.6 is 0 Å². The highest BCUT2D eigenvalue weighted by Crippen LogP contribution is 2.30. The molecule has 0 radical (unpaired) electrons. The first-order valence-corrected chi connectivity index (χ1v) is 19.4. The van der Waals surface area contributed by atoms with E-state index in [0.29, 0.717) is 12.6 Å². The first kappa shape index (κ1) is 40.5. The second-order valence-electron chi connectivity index (χ2n) is 13.9. The minimum absolute atomic E-state index is 0.119. The Morgan fingerprint density at radius 3 is 1.96 bits per heavy atom. The largest absolute Gasteiger partial charge is 0.369 e. The number of aryl methyl sites for hydroxylation is 1. The molecule has 1 saturated heterocycles. The van der Waals surface area contributed by atoms with Gasteiger partial charge in [-0.05, 0) is 85.8 Å². The van der Waals surface area contributed by atoms with Crippen molar-refractivity contribution < 1.29 is 19.1 Å². The summed E-state index contributed by atoms with van der Waals surface area (Å²) in [5.41, 5.74) is 7.86. The maximum Gasteiger partial charge on any atom is 0.253 e. The number of methoxy groups -OCH3 is 2. The van der Waals surface area contributed by atoms with Crippen LogP contribution in [0.5, 0.6) is 0 Å². The summed E-state index contributed by atoms with van der Waals surface area (Å²) >= 11 is 0. The number of likely N-dealkylation sites (tertiary alicyclic amines) is 1. The number of hydrogen-bond donors (Lipinski definition) is 3. The Balaban J connectivity index is 0.000000432. The number of nitrogens with zero attached hydrogens (tertiary/aromatic N) is 3. The topological polar surface area (TPSA) is 125 Å². The van der Waals surface area contributed by atoms with E-state index in [-0.39, 0.29) is 5.91 Å². The zero-order valence-corrected chi connectivity index (χ0v) is 32.8. The summed E-state index contributed by atoms with van der Waals surface area (Å²) in [5, 5.41) is 2.98. The Labute approximate surface area is 335 Å². The van der Waals surface area contributed by atoms with Gasteiger partial charge in [-0.2, -0.15) is 0 Å². The maximum atomic E-state index is 12.5. The van der Waals surface area contributed by atoms with Gasteiger partial charge in [0.2, 0.25) is 0 Å². The normalized spacial score (nSPS) is 14.8. The van der Waals surface area contributed by atoms with Gasteiger partial charge in [0.05, 0.1) is 29.8 Å². The van der Waals surface area contributed by atoms with Gasteiger partial charge in [-0.15, -0.1) is 0 Å². The Bertz CT molecular complexity index is 2210. The molecule has 3 N–H and O–H groups in total. The summed E-state index contributed by atoms with van der Waals surface area (Å²) in [7, 11) is 5.24. The van der Waals surface area contributed by atoms with Crippen LogP contribution < -0.4 is 5.32 Å².